The molecule has 2 rings (SSSR count). The summed E-state index contributed by atoms with van der Waals surface area (Å²) < 4.78 is 0. The Labute approximate surface area is 106 Å². The van der Waals surface area contributed by atoms with Crippen LogP contribution >= 0.6 is 0 Å². The number of aromatic nitrogens is 1. The van der Waals surface area contributed by atoms with E-state index in [1.165, 1.54) is 31.7 Å². The maximum atomic E-state index is 10.6. The van der Waals surface area contributed by atoms with Crippen molar-refractivity contribution in [2.24, 2.45) is 5.41 Å². The van der Waals surface area contributed by atoms with Gasteiger partial charge in [0.25, 0.3) is 0 Å². The molecular formula is C12H18N4O2. The second-order valence-electron chi connectivity index (χ2n) is 5.23. The summed E-state index contributed by atoms with van der Waals surface area (Å²) in [6.07, 6.45) is 4.97. The van der Waals surface area contributed by atoms with Crippen LogP contribution in [-0.2, 0) is 0 Å². The molecule has 1 fully saturated rings. The number of nitro groups is 1. The van der Waals surface area contributed by atoms with Crippen LogP contribution in [0, 0.1) is 15.5 Å². The molecule has 0 unspecified atom stereocenters. The topological polar surface area (TPSA) is 94.1 Å². The van der Waals surface area contributed by atoms with Crippen molar-refractivity contribution in [3.05, 3.63) is 22.2 Å². The van der Waals surface area contributed by atoms with Crippen molar-refractivity contribution in [1.82, 2.24) is 4.98 Å². The minimum atomic E-state index is -0.523. The summed E-state index contributed by atoms with van der Waals surface area (Å²) in [4.78, 5) is 14.1. The van der Waals surface area contributed by atoms with Crippen LogP contribution in [0.2, 0.25) is 0 Å². The molecule has 0 aliphatic heterocycles. The molecule has 3 N–H and O–H groups in total. The van der Waals surface area contributed by atoms with Gasteiger partial charge in [0.05, 0.1) is 4.92 Å². The molecule has 0 spiro atoms. The highest BCUT2D eigenvalue weighted by Crippen LogP contribution is 2.37. The maximum Gasteiger partial charge on any atom is 0.311 e. The number of anilines is 2. The van der Waals surface area contributed by atoms with E-state index in [4.69, 9.17) is 5.73 Å². The Bertz CT molecular complexity index is 455. The first-order chi connectivity index (χ1) is 8.50. The van der Waals surface area contributed by atoms with Gasteiger partial charge in [0.15, 0.2) is 0 Å². The standard InChI is InChI=1S/C12H18N4O2/c1-12(6-2-3-7-12)8-14-10-5-4-9(16(17)18)11(13)15-10/h4-5H,2-3,6-8H2,1H3,(H3,13,14,15). The van der Waals surface area contributed by atoms with Crippen LogP contribution < -0.4 is 11.1 Å². The Morgan fingerprint density at radius 3 is 2.72 bits per heavy atom. The molecule has 0 saturated heterocycles. The van der Waals surface area contributed by atoms with Gasteiger partial charge in [0, 0.05) is 12.6 Å². The van der Waals surface area contributed by atoms with Gasteiger partial charge in [-0.15, -0.1) is 0 Å². The van der Waals surface area contributed by atoms with Gasteiger partial charge in [-0.1, -0.05) is 19.8 Å². The molecule has 0 bridgehead atoms. The number of hydrogen-bond donors (Lipinski definition) is 2. The number of nitrogens with one attached hydrogen (secondary N) is 1. The zero-order chi connectivity index (χ0) is 13.2. The van der Waals surface area contributed by atoms with Gasteiger partial charge in [-0.3, -0.25) is 10.1 Å². The van der Waals surface area contributed by atoms with Crippen molar-refractivity contribution in [1.29, 1.82) is 0 Å². The Morgan fingerprint density at radius 1 is 1.50 bits per heavy atom. The highest BCUT2D eigenvalue weighted by atomic mass is 16.6. The van der Waals surface area contributed by atoms with Crippen molar-refractivity contribution < 1.29 is 4.92 Å². The van der Waals surface area contributed by atoms with E-state index in [1.54, 1.807) is 6.07 Å². The molecule has 18 heavy (non-hydrogen) atoms. The molecule has 1 aliphatic carbocycles. The fourth-order valence-electron chi connectivity index (χ4n) is 2.43. The third-order valence-electron chi connectivity index (χ3n) is 3.61. The summed E-state index contributed by atoms with van der Waals surface area (Å²) in [6, 6.07) is 2.99. The van der Waals surface area contributed by atoms with Gasteiger partial charge >= 0.3 is 5.69 Å². The molecule has 1 aromatic rings. The van der Waals surface area contributed by atoms with Gasteiger partial charge in [-0.05, 0) is 24.3 Å². The lowest BCUT2D eigenvalue weighted by Gasteiger charge is -2.23. The molecule has 1 aromatic heterocycles. The molecule has 0 radical (unpaired) electrons. The molecule has 0 aromatic carbocycles. The molecule has 1 aliphatic rings. The van der Waals surface area contributed by atoms with Crippen LogP contribution in [0.15, 0.2) is 12.1 Å². The molecule has 0 amide bonds. The lowest BCUT2D eigenvalue weighted by Crippen LogP contribution is -2.23. The fourth-order valence-corrected chi connectivity index (χ4v) is 2.43. The SMILES string of the molecule is CC1(CNc2ccc([N+](=O)[O-])c(N)n2)CCCC1. The molecule has 98 valence electrons. The summed E-state index contributed by atoms with van der Waals surface area (Å²) in [7, 11) is 0. The zero-order valence-electron chi connectivity index (χ0n) is 10.5. The van der Waals surface area contributed by atoms with Crippen molar-refractivity contribution in [3.8, 4) is 0 Å². The Balaban J connectivity index is 2.02. The van der Waals surface area contributed by atoms with E-state index < -0.39 is 4.92 Å². The Kier molecular flexibility index (Phi) is 3.36. The molecule has 6 heteroatoms. The number of rotatable bonds is 4. The van der Waals surface area contributed by atoms with Crippen LogP contribution in [-0.4, -0.2) is 16.5 Å². The van der Waals surface area contributed by atoms with E-state index in [9.17, 15) is 10.1 Å². The van der Waals surface area contributed by atoms with Crippen LogP contribution in [0.5, 0.6) is 0 Å². The predicted molar refractivity (Wildman–Crippen MR) is 70.4 cm³/mol. The van der Waals surface area contributed by atoms with Gasteiger partial charge in [-0.2, -0.15) is 0 Å². The minimum absolute atomic E-state index is 0.0402. The first-order valence-corrected chi connectivity index (χ1v) is 6.15. The zero-order valence-corrected chi connectivity index (χ0v) is 10.5. The summed E-state index contributed by atoms with van der Waals surface area (Å²) in [5.41, 5.74) is 5.70. The first-order valence-electron chi connectivity index (χ1n) is 6.15. The Morgan fingerprint density at radius 2 is 2.17 bits per heavy atom. The van der Waals surface area contributed by atoms with E-state index in [-0.39, 0.29) is 11.5 Å². The van der Waals surface area contributed by atoms with Gasteiger partial charge < -0.3 is 11.1 Å². The summed E-state index contributed by atoms with van der Waals surface area (Å²) in [6.45, 7) is 3.08. The van der Waals surface area contributed by atoms with Crippen molar-refractivity contribution in [3.63, 3.8) is 0 Å². The smallest absolute Gasteiger partial charge is 0.311 e. The molecule has 1 heterocycles. The number of nitrogens with zero attached hydrogens (tertiary/aromatic N) is 2. The number of pyridine rings is 1. The minimum Gasteiger partial charge on any atom is -0.378 e. The highest BCUT2D eigenvalue weighted by molar-refractivity contribution is 5.57. The third-order valence-corrected chi connectivity index (χ3v) is 3.61. The summed E-state index contributed by atoms with van der Waals surface area (Å²) >= 11 is 0. The van der Waals surface area contributed by atoms with E-state index in [0.29, 0.717) is 11.2 Å². The largest absolute Gasteiger partial charge is 0.378 e. The normalized spacial score (nSPS) is 17.6. The van der Waals surface area contributed by atoms with Crippen LogP contribution in [0.1, 0.15) is 32.6 Å². The average molecular weight is 250 g/mol. The van der Waals surface area contributed by atoms with Crippen molar-refractivity contribution in [2.75, 3.05) is 17.6 Å². The average Bonchev–Trinajstić information content (AvgIpc) is 2.74. The van der Waals surface area contributed by atoms with Gasteiger partial charge in [-0.25, -0.2) is 4.98 Å². The lowest BCUT2D eigenvalue weighted by molar-refractivity contribution is -0.384. The maximum absolute atomic E-state index is 10.6. The third kappa shape index (κ3) is 2.69. The molecule has 6 nitrogen and oxygen atoms in total. The number of nitrogen functional groups attached to an aromatic ring is 1. The van der Waals surface area contributed by atoms with E-state index in [2.05, 4.69) is 17.2 Å². The van der Waals surface area contributed by atoms with E-state index >= 15 is 0 Å². The molecular weight excluding hydrogens is 232 g/mol. The van der Waals surface area contributed by atoms with E-state index in [0.717, 1.165) is 6.54 Å². The Hall–Kier alpha value is -1.85. The predicted octanol–water partition coefficient (Wildman–Crippen LogP) is 2.56. The highest BCUT2D eigenvalue weighted by Gasteiger charge is 2.28. The first kappa shape index (κ1) is 12.6. The second-order valence-corrected chi connectivity index (χ2v) is 5.23. The monoisotopic (exact) mass is 250 g/mol. The summed E-state index contributed by atoms with van der Waals surface area (Å²) in [5, 5.41) is 13.8. The van der Waals surface area contributed by atoms with Crippen LogP contribution in [0.25, 0.3) is 0 Å². The van der Waals surface area contributed by atoms with Crippen molar-refractivity contribution in [2.45, 2.75) is 32.6 Å². The van der Waals surface area contributed by atoms with Gasteiger partial charge in [0.2, 0.25) is 5.82 Å². The van der Waals surface area contributed by atoms with Gasteiger partial charge in [0.1, 0.15) is 5.82 Å². The number of nitrogens with two attached hydrogens (primary N) is 1. The number of hydrogen-bond acceptors (Lipinski definition) is 5. The summed E-state index contributed by atoms with van der Waals surface area (Å²) in [5.74, 6) is 0.563. The van der Waals surface area contributed by atoms with E-state index in [1.807, 2.05) is 0 Å². The second kappa shape index (κ2) is 4.80. The van der Waals surface area contributed by atoms with Crippen molar-refractivity contribution >= 4 is 17.3 Å². The lowest BCUT2D eigenvalue weighted by atomic mass is 9.89. The molecule has 0 atom stereocenters. The van der Waals surface area contributed by atoms with Crippen LogP contribution in [0.4, 0.5) is 17.3 Å². The quantitative estimate of drug-likeness (QED) is 0.632. The molecule has 1 saturated carbocycles. The van der Waals surface area contributed by atoms with Crippen LogP contribution in [0.3, 0.4) is 0 Å². The fraction of sp³-hybridized carbons (Fsp3) is 0.583.